The van der Waals surface area contributed by atoms with Gasteiger partial charge in [-0.15, -0.1) is 0 Å². The molecule has 19 heavy (non-hydrogen) atoms. The Hall–Kier alpha value is -1.57. The average Bonchev–Trinajstić information content (AvgIpc) is 2.84. The lowest BCUT2D eigenvalue weighted by Gasteiger charge is -2.09. The van der Waals surface area contributed by atoms with E-state index in [4.69, 9.17) is 17.3 Å². The van der Waals surface area contributed by atoms with Gasteiger partial charge < -0.3 is 10.7 Å². The van der Waals surface area contributed by atoms with E-state index in [2.05, 4.69) is 14.7 Å². The molecule has 0 aliphatic heterocycles. The number of benzene rings is 1. The van der Waals surface area contributed by atoms with Crippen LogP contribution in [-0.4, -0.2) is 18.4 Å². The van der Waals surface area contributed by atoms with Gasteiger partial charge in [-0.1, -0.05) is 11.6 Å². The first kappa shape index (κ1) is 13.9. The van der Waals surface area contributed by atoms with Crippen LogP contribution in [-0.2, 0) is 16.6 Å². The third kappa shape index (κ3) is 3.06. The lowest BCUT2D eigenvalue weighted by molar-refractivity contribution is 0.579. The van der Waals surface area contributed by atoms with Crippen LogP contribution < -0.4 is 10.5 Å². The number of anilines is 1. The van der Waals surface area contributed by atoms with Crippen molar-refractivity contribution in [1.29, 1.82) is 0 Å². The van der Waals surface area contributed by atoms with Gasteiger partial charge in [0.2, 0.25) is 10.0 Å². The molecule has 1 heterocycles. The van der Waals surface area contributed by atoms with E-state index in [1.807, 2.05) is 0 Å². The minimum absolute atomic E-state index is 0.0381. The summed E-state index contributed by atoms with van der Waals surface area (Å²) >= 11 is 5.95. The van der Waals surface area contributed by atoms with E-state index in [1.165, 1.54) is 12.1 Å². The molecule has 0 radical (unpaired) electrons. The summed E-state index contributed by atoms with van der Waals surface area (Å²) in [5.74, 6) is 0.514. The van der Waals surface area contributed by atoms with Crippen LogP contribution in [0, 0.1) is 6.92 Å². The largest absolute Gasteiger partial charge is 0.398 e. The summed E-state index contributed by atoms with van der Waals surface area (Å²) in [5.41, 5.74) is 6.82. The highest BCUT2D eigenvalue weighted by molar-refractivity contribution is 7.89. The molecule has 4 N–H and O–H groups in total. The van der Waals surface area contributed by atoms with Crippen molar-refractivity contribution in [2.75, 3.05) is 5.73 Å². The second kappa shape index (κ2) is 5.20. The number of aromatic nitrogens is 2. The van der Waals surface area contributed by atoms with E-state index in [9.17, 15) is 8.42 Å². The van der Waals surface area contributed by atoms with Gasteiger partial charge in [0, 0.05) is 18.1 Å². The van der Waals surface area contributed by atoms with Crippen molar-refractivity contribution >= 4 is 27.3 Å². The van der Waals surface area contributed by atoms with Crippen LogP contribution in [0.3, 0.4) is 0 Å². The number of hydrogen-bond acceptors (Lipinski definition) is 4. The molecule has 0 fully saturated rings. The van der Waals surface area contributed by atoms with Gasteiger partial charge in [0.25, 0.3) is 0 Å². The molecule has 0 saturated heterocycles. The van der Waals surface area contributed by atoms with Gasteiger partial charge in [0.1, 0.15) is 10.7 Å². The third-order valence-electron chi connectivity index (χ3n) is 2.59. The molecule has 0 unspecified atom stereocenters. The Morgan fingerprint density at radius 3 is 2.84 bits per heavy atom. The quantitative estimate of drug-likeness (QED) is 0.744. The molecule has 2 rings (SSSR count). The number of rotatable bonds is 4. The van der Waals surface area contributed by atoms with Gasteiger partial charge in [-0.25, -0.2) is 18.1 Å². The van der Waals surface area contributed by atoms with Crippen molar-refractivity contribution in [2.45, 2.75) is 18.4 Å². The van der Waals surface area contributed by atoms with Gasteiger partial charge in [-0.3, -0.25) is 0 Å². The Labute approximate surface area is 116 Å². The number of nitrogens with zero attached hydrogens (tertiary/aromatic N) is 1. The van der Waals surface area contributed by atoms with Crippen LogP contribution in [0.2, 0.25) is 5.02 Å². The molecular weight excluding hydrogens is 288 g/mol. The van der Waals surface area contributed by atoms with Crippen molar-refractivity contribution < 1.29 is 8.42 Å². The van der Waals surface area contributed by atoms with E-state index >= 15 is 0 Å². The molecule has 0 amide bonds. The van der Waals surface area contributed by atoms with Crippen molar-refractivity contribution in [3.63, 3.8) is 0 Å². The fourth-order valence-corrected chi connectivity index (χ4v) is 3.11. The Balaban J connectivity index is 2.27. The lowest BCUT2D eigenvalue weighted by atomic mass is 10.2. The average molecular weight is 301 g/mol. The van der Waals surface area contributed by atoms with E-state index < -0.39 is 10.0 Å². The molecule has 0 bridgehead atoms. The topological polar surface area (TPSA) is 101 Å². The molecule has 0 saturated carbocycles. The normalized spacial score (nSPS) is 11.7. The number of nitrogens with two attached hydrogens (primary N) is 1. The van der Waals surface area contributed by atoms with Gasteiger partial charge >= 0.3 is 0 Å². The van der Waals surface area contributed by atoms with Crippen LogP contribution in [0.5, 0.6) is 0 Å². The van der Waals surface area contributed by atoms with Gasteiger partial charge in [-0.05, 0) is 24.6 Å². The molecular formula is C11H13ClN4O2S. The summed E-state index contributed by atoms with van der Waals surface area (Å²) in [6.07, 6.45) is 3.15. The number of aryl methyl sites for hydroxylation is 1. The second-order valence-corrected chi connectivity index (χ2v) is 6.14. The Bertz CT molecular complexity index is 683. The monoisotopic (exact) mass is 300 g/mol. The number of nitrogens with one attached hydrogen (secondary N) is 2. The number of imidazole rings is 1. The number of hydrogen-bond donors (Lipinski definition) is 3. The number of nitrogen functional groups attached to an aromatic ring is 1. The summed E-state index contributed by atoms with van der Waals surface area (Å²) in [7, 11) is -3.73. The molecule has 1 aromatic carbocycles. The zero-order valence-corrected chi connectivity index (χ0v) is 11.7. The first-order chi connectivity index (χ1) is 8.90. The summed E-state index contributed by atoms with van der Waals surface area (Å²) in [5, 5.41) is 0.138. The second-order valence-electron chi connectivity index (χ2n) is 4.00. The van der Waals surface area contributed by atoms with Crippen LogP contribution in [0.1, 0.15) is 11.4 Å². The number of halogens is 1. The van der Waals surface area contributed by atoms with Crippen molar-refractivity contribution in [1.82, 2.24) is 14.7 Å². The summed E-state index contributed by atoms with van der Waals surface area (Å²) in [6.45, 7) is 1.81. The summed E-state index contributed by atoms with van der Waals surface area (Å²) < 4.78 is 26.6. The number of sulfonamides is 1. The molecule has 8 heteroatoms. The molecule has 0 atom stereocenters. The maximum absolute atomic E-state index is 12.1. The van der Waals surface area contributed by atoms with Crippen LogP contribution in [0.15, 0.2) is 29.4 Å². The first-order valence-corrected chi connectivity index (χ1v) is 7.30. The van der Waals surface area contributed by atoms with Crippen LogP contribution >= 0.6 is 11.6 Å². The van der Waals surface area contributed by atoms with E-state index in [-0.39, 0.29) is 16.5 Å². The lowest BCUT2D eigenvalue weighted by Crippen LogP contribution is -2.24. The van der Waals surface area contributed by atoms with E-state index in [0.29, 0.717) is 11.5 Å². The van der Waals surface area contributed by atoms with Crippen molar-refractivity contribution in [3.8, 4) is 0 Å². The minimum atomic E-state index is -3.73. The smallest absolute Gasteiger partial charge is 0.242 e. The summed E-state index contributed by atoms with van der Waals surface area (Å²) in [4.78, 5) is 6.69. The highest BCUT2D eigenvalue weighted by Crippen LogP contribution is 2.26. The third-order valence-corrected chi connectivity index (χ3v) is 4.46. The Morgan fingerprint density at radius 1 is 1.47 bits per heavy atom. The fraction of sp³-hybridized carbons (Fsp3) is 0.182. The Kier molecular flexibility index (Phi) is 3.79. The van der Waals surface area contributed by atoms with E-state index in [1.54, 1.807) is 19.3 Å². The van der Waals surface area contributed by atoms with Crippen LogP contribution in [0.4, 0.5) is 5.69 Å². The standard InChI is InChI=1S/C11H13ClN4O2S/c1-7-4-8(12)10(5-9(7)13)19(17,18)16-6-11-14-2-3-15-11/h2-5,16H,6,13H2,1H3,(H,14,15). The number of H-pyrrole nitrogens is 1. The SMILES string of the molecule is Cc1cc(Cl)c(S(=O)(=O)NCc2ncc[nH]2)cc1N. The number of aromatic amines is 1. The minimum Gasteiger partial charge on any atom is -0.398 e. The maximum Gasteiger partial charge on any atom is 0.242 e. The highest BCUT2D eigenvalue weighted by Gasteiger charge is 2.19. The molecule has 2 aromatic rings. The first-order valence-electron chi connectivity index (χ1n) is 5.43. The zero-order valence-electron chi connectivity index (χ0n) is 10.1. The molecule has 102 valence electrons. The predicted molar refractivity (Wildman–Crippen MR) is 73.2 cm³/mol. The Morgan fingerprint density at radius 2 is 2.21 bits per heavy atom. The molecule has 0 spiro atoms. The van der Waals surface area contributed by atoms with Crippen LogP contribution in [0.25, 0.3) is 0 Å². The summed E-state index contributed by atoms with van der Waals surface area (Å²) in [6, 6.07) is 2.88. The van der Waals surface area contributed by atoms with Gasteiger partial charge in [0.05, 0.1) is 11.6 Å². The van der Waals surface area contributed by atoms with Crippen molar-refractivity contribution in [2.24, 2.45) is 0 Å². The molecule has 1 aromatic heterocycles. The van der Waals surface area contributed by atoms with Crippen molar-refractivity contribution in [3.05, 3.63) is 40.9 Å². The molecule has 0 aliphatic rings. The molecule has 6 nitrogen and oxygen atoms in total. The molecule has 0 aliphatic carbocycles. The van der Waals surface area contributed by atoms with E-state index in [0.717, 1.165) is 5.56 Å². The maximum atomic E-state index is 12.1. The fourth-order valence-electron chi connectivity index (χ4n) is 1.51. The van der Waals surface area contributed by atoms with Gasteiger partial charge in [-0.2, -0.15) is 0 Å². The highest BCUT2D eigenvalue weighted by atomic mass is 35.5. The van der Waals surface area contributed by atoms with Gasteiger partial charge in [0.15, 0.2) is 0 Å². The predicted octanol–water partition coefficient (Wildman–Crippen LogP) is 1.43. The zero-order chi connectivity index (χ0) is 14.0.